The van der Waals surface area contributed by atoms with Gasteiger partial charge in [0, 0.05) is 23.5 Å². The number of hydrogen-bond donors (Lipinski definition) is 1. The summed E-state index contributed by atoms with van der Waals surface area (Å²) < 4.78 is 3.66. The fourth-order valence-corrected chi connectivity index (χ4v) is 4.28. The van der Waals surface area contributed by atoms with Gasteiger partial charge in [-0.3, -0.25) is 4.79 Å². The van der Waals surface area contributed by atoms with Gasteiger partial charge in [-0.1, -0.05) is 18.2 Å². The summed E-state index contributed by atoms with van der Waals surface area (Å²) >= 11 is 0. The molecule has 6 rings (SSSR count). The van der Waals surface area contributed by atoms with E-state index < -0.39 is 0 Å². The van der Waals surface area contributed by atoms with Gasteiger partial charge < -0.3 is 5.32 Å². The topological polar surface area (TPSA) is 77.6 Å². The lowest BCUT2D eigenvalue weighted by atomic mass is 10.1. The Labute approximate surface area is 197 Å². The third-order valence-electron chi connectivity index (χ3n) is 6.19. The number of aromatic nitrogens is 5. The lowest BCUT2D eigenvalue weighted by Gasteiger charge is -2.10. The molecule has 1 aliphatic rings. The number of rotatable bonds is 5. The molecule has 2 aromatic carbocycles. The zero-order valence-electron chi connectivity index (χ0n) is 19.1. The average Bonchev–Trinajstić information content (AvgIpc) is 3.54. The van der Waals surface area contributed by atoms with Crippen LogP contribution < -0.4 is 5.32 Å². The van der Waals surface area contributed by atoms with Crippen LogP contribution in [0.1, 0.15) is 46.2 Å². The maximum absolute atomic E-state index is 13.5. The van der Waals surface area contributed by atoms with Crippen molar-refractivity contribution in [3.8, 4) is 11.4 Å². The molecule has 0 saturated heterocycles. The predicted molar refractivity (Wildman–Crippen MR) is 132 cm³/mol. The molecular weight excluding hydrogens is 424 g/mol. The van der Waals surface area contributed by atoms with Crippen LogP contribution in [0.3, 0.4) is 0 Å². The van der Waals surface area contributed by atoms with Gasteiger partial charge >= 0.3 is 0 Å². The van der Waals surface area contributed by atoms with Gasteiger partial charge in [0.05, 0.1) is 33.7 Å². The highest BCUT2D eigenvalue weighted by Gasteiger charge is 2.29. The summed E-state index contributed by atoms with van der Waals surface area (Å²) in [5.74, 6) is 0.250. The van der Waals surface area contributed by atoms with Crippen LogP contribution in [0.15, 0.2) is 72.9 Å². The van der Waals surface area contributed by atoms with Crippen molar-refractivity contribution in [3.63, 3.8) is 0 Å². The normalized spacial score (nSPS) is 13.4. The summed E-state index contributed by atoms with van der Waals surface area (Å²) in [4.78, 5) is 18.4. The zero-order chi connectivity index (χ0) is 23.2. The fourth-order valence-electron chi connectivity index (χ4n) is 4.28. The molecule has 1 aliphatic carbocycles. The van der Waals surface area contributed by atoms with Crippen LogP contribution in [0.25, 0.3) is 22.4 Å². The van der Waals surface area contributed by atoms with Gasteiger partial charge in [-0.05, 0) is 75.2 Å². The maximum Gasteiger partial charge on any atom is 0.256 e. The summed E-state index contributed by atoms with van der Waals surface area (Å²) in [5.41, 5.74) is 6.62. The number of aryl methyl sites for hydroxylation is 2. The summed E-state index contributed by atoms with van der Waals surface area (Å²) in [6.07, 6.45) is 4.13. The van der Waals surface area contributed by atoms with Gasteiger partial charge in [-0.25, -0.2) is 14.3 Å². The number of amides is 1. The van der Waals surface area contributed by atoms with Crippen LogP contribution in [-0.2, 0) is 0 Å². The molecule has 7 nitrogen and oxygen atoms in total. The third kappa shape index (κ3) is 3.65. The minimum Gasteiger partial charge on any atom is -0.322 e. The number of benzene rings is 2. The van der Waals surface area contributed by atoms with Crippen LogP contribution >= 0.6 is 0 Å². The van der Waals surface area contributed by atoms with Crippen LogP contribution in [0, 0.1) is 13.8 Å². The van der Waals surface area contributed by atoms with Crippen molar-refractivity contribution >= 4 is 22.6 Å². The number of nitrogens with one attached hydrogen (secondary N) is 1. The lowest BCUT2D eigenvalue weighted by Crippen LogP contribution is -2.14. The van der Waals surface area contributed by atoms with E-state index in [-0.39, 0.29) is 5.91 Å². The van der Waals surface area contributed by atoms with Gasteiger partial charge in [-0.2, -0.15) is 10.2 Å². The molecule has 3 aromatic heterocycles. The van der Waals surface area contributed by atoms with Crippen molar-refractivity contribution in [2.45, 2.75) is 32.6 Å². The monoisotopic (exact) mass is 448 g/mol. The van der Waals surface area contributed by atoms with E-state index in [9.17, 15) is 4.79 Å². The second-order valence-corrected chi connectivity index (χ2v) is 8.80. The molecule has 1 N–H and O–H groups in total. The molecule has 1 fully saturated rings. The number of hydrogen-bond acceptors (Lipinski definition) is 4. The van der Waals surface area contributed by atoms with E-state index >= 15 is 0 Å². The molecule has 0 aliphatic heterocycles. The standard InChI is InChI=1S/C27H24N6O/c1-17-14-15-32(30-17)21-12-10-20(11-13-21)28-27(34)23-16-24(19-8-9-19)29-26-25(23)18(2)31-33(26)22-6-4-3-5-7-22/h3-7,10-16,19H,8-9H2,1-2H3,(H,28,34). The first-order valence-electron chi connectivity index (χ1n) is 11.5. The van der Waals surface area contributed by atoms with E-state index in [4.69, 9.17) is 10.1 Å². The average molecular weight is 449 g/mol. The van der Waals surface area contributed by atoms with Gasteiger partial charge in [-0.15, -0.1) is 0 Å². The Hall–Kier alpha value is -4.26. The Morgan fingerprint density at radius 1 is 0.941 bits per heavy atom. The van der Waals surface area contributed by atoms with Crippen LogP contribution in [0.5, 0.6) is 0 Å². The summed E-state index contributed by atoms with van der Waals surface area (Å²) in [6.45, 7) is 3.89. The molecule has 3 heterocycles. The highest BCUT2D eigenvalue weighted by molar-refractivity contribution is 6.12. The summed E-state index contributed by atoms with van der Waals surface area (Å²) in [6, 6.07) is 21.5. The largest absolute Gasteiger partial charge is 0.322 e. The van der Waals surface area contributed by atoms with E-state index in [2.05, 4.69) is 10.4 Å². The minimum absolute atomic E-state index is 0.160. The van der Waals surface area contributed by atoms with Crippen molar-refractivity contribution < 1.29 is 4.79 Å². The number of carbonyl (C=O) groups excluding carboxylic acids is 1. The molecule has 168 valence electrons. The van der Waals surface area contributed by atoms with Crippen LogP contribution in [-0.4, -0.2) is 30.5 Å². The Morgan fingerprint density at radius 2 is 1.71 bits per heavy atom. The van der Waals surface area contributed by atoms with Crippen molar-refractivity contribution in [2.75, 3.05) is 5.32 Å². The van der Waals surface area contributed by atoms with Gasteiger partial charge in [0.1, 0.15) is 0 Å². The van der Waals surface area contributed by atoms with E-state index in [1.807, 2.05) is 96.1 Å². The number of fused-ring (bicyclic) bond motifs is 1. The van der Waals surface area contributed by atoms with Crippen molar-refractivity contribution in [1.82, 2.24) is 24.5 Å². The number of pyridine rings is 1. The second-order valence-electron chi connectivity index (χ2n) is 8.80. The SMILES string of the molecule is Cc1ccn(-c2ccc(NC(=O)c3cc(C4CC4)nc4c3c(C)nn4-c3ccccc3)cc2)n1. The zero-order valence-corrected chi connectivity index (χ0v) is 19.1. The molecule has 1 amide bonds. The Kier molecular flexibility index (Phi) is 4.76. The smallest absolute Gasteiger partial charge is 0.256 e. The minimum atomic E-state index is -0.160. The highest BCUT2D eigenvalue weighted by Crippen LogP contribution is 2.40. The summed E-state index contributed by atoms with van der Waals surface area (Å²) in [5, 5.41) is 13.0. The quantitative estimate of drug-likeness (QED) is 0.393. The van der Waals surface area contributed by atoms with E-state index in [1.54, 1.807) is 0 Å². The lowest BCUT2D eigenvalue weighted by molar-refractivity contribution is 0.102. The van der Waals surface area contributed by atoms with Crippen molar-refractivity contribution in [3.05, 3.63) is 95.6 Å². The summed E-state index contributed by atoms with van der Waals surface area (Å²) in [7, 11) is 0. The van der Waals surface area contributed by atoms with Gasteiger partial charge in [0.25, 0.3) is 5.91 Å². The molecule has 1 saturated carbocycles. The second kappa shape index (κ2) is 7.95. The fraction of sp³-hybridized carbons (Fsp3) is 0.185. The molecule has 0 atom stereocenters. The first-order valence-corrected chi connectivity index (χ1v) is 11.5. The molecule has 0 radical (unpaired) electrons. The highest BCUT2D eigenvalue weighted by atomic mass is 16.1. The number of nitrogens with zero attached hydrogens (tertiary/aromatic N) is 5. The van der Waals surface area contributed by atoms with Crippen molar-refractivity contribution in [2.24, 2.45) is 0 Å². The number of carbonyl (C=O) groups is 1. The van der Waals surface area contributed by atoms with E-state index in [1.165, 1.54) is 0 Å². The van der Waals surface area contributed by atoms with Crippen LogP contribution in [0.2, 0.25) is 0 Å². The molecule has 0 unspecified atom stereocenters. The molecule has 0 bridgehead atoms. The van der Waals surface area contributed by atoms with E-state index in [0.29, 0.717) is 11.5 Å². The van der Waals surface area contributed by atoms with Gasteiger partial charge in [0.2, 0.25) is 0 Å². The Balaban J connectivity index is 1.38. The molecular formula is C27H24N6O. The molecule has 34 heavy (non-hydrogen) atoms. The number of anilines is 1. The molecule has 7 heteroatoms. The predicted octanol–water partition coefficient (Wildman–Crippen LogP) is 5.35. The maximum atomic E-state index is 13.5. The Morgan fingerprint density at radius 3 is 2.38 bits per heavy atom. The van der Waals surface area contributed by atoms with Crippen molar-refractivity contribution in [1.29, 1.82) is 0 Å². The van der Waals surface area contributed by atoms with Gasteiger partial charge in [0.15, 0.2) is 5.65 Å². The first-order chi connectivity index (χ1) is 16.6. The van der Waals surface area contributed by atoms with E-state index in [0.717, 1.165) is 58.0 Å². The third-order valence-corrected chi connectivity index (χ3v) is 6.19. The molecule has 5 aromatic rings. The molecule has 0 spiro atoms. The number of para-hydroxylation sites is 1. The first kappa shape index (κ1) is 20.4. The van der Waals surface area contributed by atoms with Crippen LogP contribution in [0.4, 0.5) is 5.69 Å². The Bertz CT molecular complexity index is 1510.